The molecule has 4 heteroatoms. The molecule has 0 radical (unpaired) electrons. The van der Waals surface area contributed by atoms with E-state index in [1.54, 1.807) is 0 Å². The Kier molecular flexibility index (Phi) is 6.99. The third-order valence-corrected chi connectivity index (χ3v) is 3.13. The van der Waals surface area contributed by atoms with Gasteiger partial charge in [-0.2, -0.15) is 0 Å². The zero-order chi connectivity index (χ0) is 15.1. The van der Waals surface area contributed by atoms with Gasteiger partial charge in [0, 0.05) is 11.6 Å². The lowest BCUT2D eigenvalue weighted by Crippen LogP contribution is -2.32. The van der Waals surface area contributed by atoms with Crippen molar-refractivity contribution in [3.05, 3.63) is 29.8 Å². The fourth-order valence-electron chi connectivity index (χ4n) is 1.91. The van der Waals surface area contributed by atoms with Crippen molar-refractivity contribution < 1.29 is 9.84 Å². The predicted molar refractivity (Wildman–Crippen MR) is 82.9 cm³/mol. The molecule has 0 saturated carbocycles. The lowest BCUT2D eigenvalue weighted by Gasteiger charge is -2.23. The monoisotopic (exact) mass is 280 g/mol. The quantitative estimate of drug-likeness (QED) is 0.765. The Bertz CT molecular complexity index is 394. The molecule has 0 heterocycles. The maximum absolute atomic E-state index is 10.4. The Hall–Kier alpha value is -1.10. The van der Waals surface area contributed by atoms with Gasteiger partial charge in [0.15, 0.2) is 0 Å². The minimum absolute atomic E-state index is 0.291. The van der Waals surface area contributed by atoms with E-state index in [-0.39, 0.29) is 6.04 Å². The summed E-state index contributed by atoms with van der Waals surface area (Å²) in [5.41, 5.74) is 6.87. The second kappa shape index (κ2) is 8.25. The largest absolute Gasteiger partial charge is 0.493 e. The van der Waals surface area contributed by atoms with Crippen molar-refractivity contribution in [3.8, 4) is 5.75 Å². The van der Waals surface area contributed by atoms with Gasteiger partial charge in [0.05, 0.1) is 12.7 Å². The van der Waals surface area contributed by atoms with E-state index in [2.05, 4.69) is 18.7 Å². The summed E-state index contributed by atoms with van der Waals surface area (Å²) in [4.78, 5) is 2.06. The molecule has 4 nitrogen and oxygen atoms in total. The average Bonchev–Trinajstić information content (AvgIpc) is 2.41. The third kappa shape index (κ3) is 5.49. The number of aliphatic hydroxyl groups excluding tert-OH is 1. The fourth-order valence-corrected chi connectivity index (χ4v) is 1.91. The van der Waals surface area contributed by atoms with Crippen molar-refractivity contribution in [1.29, 1.82) is 0 Å². The van der Waals surface area contributed by atoms with Gasteiger partial charge in [0.25, 0.3) is 0 Å². The van der Waals surface area contributed by atoms with Gasteiger partial charge < -0.3 is 20.5 Å². The van der Waals surface area contributed by atoms with E-state index >= 15 is 0 Å². The number of rotatable bonds is 8. The molecule has 1 aromatic rings. The standard InChI is InChI=1S/C16H28N2O2/c1-12(2)11-20-15-8-6-5-7-13(15)16(19)14(17)9-10-18(3)4/h5-8,12,14,16,19H,9-11,17H2,1-4H3. The highest BCUT2D eigenvalue weighted by Crippen LogP contribution is 2.27. The molecule has 0 fully saturated rings. The lowest BCUT2D eigenvalue weighted by molar-refractivity contribution is 0.132. The van der Waals surface area contributed by atoms with Crippen LogP contribution in [0.25, 0.3) is 0 Å². The van der Waals surface area contributed by atoms with E-state index in [9.17, 15) is 5.11 Å². The summed E-state index contributed by atoms with van der Waals surface area (Å²) in [6.45, 7) is 5.69. The van der Waals surface area contributed by atoms with Gasteiger partial charge in [0.1, 0.15) is 5.75 Å². The molecule has 2 atom stereocenters. The summed E-state index contributed by atoms with van der Waals surface area (Å²) in [7, 11) is 4.00. The van der Waals surface area contributed by atoms with Gasteiger partial charge in [-0.25, -0.2) is 0 Å². The number of para-hydroxylation sites is 1. The summed E-state index contributed by atoms with van der Waals surface area (Å²) in [6.07, 6.45) is 0.0467. The summed E-state index contributed by atoms with van der Waals surface area (Å²) < 4.78 is 5.77. The van der Waals surface area contributed by atoms with E-state index in [4.69, 9.17) is 10.5 Å². The van der Waals surface area contributed by atoms with Gasteiger partial charge >= 0.3 is 0 Å². The first kappa shape index (κ1) is 17.0. The lowest BCUT2D eigenvalue weighted by atomic mass is 9.99. The molecule has 20 heavy (non-hydrogen) atoms. The van der Waals surface area contributed by atoms with Gasteiger partial charge in [-0.1, -0.05) is 32.0 Å². The van der Waals surface area contributed by atoms with Crippen LogP contribution in [0.3, 0.4) is 0 Å². The van der Waals surface area contributed by atoms with E-state index in [0.29, 0.717) is 12.5 Å². The number of nitrogens with two attached hydrogens (primary N) is 1. The molecule has 0 spiro atoms. The molecule has 1 rings (SSSR count). The molecular formula is C16H28N2O2. The van der Waals surface area contributed by atoms with Gasteiger partial charge in [-0.05, 0) is 39.0 Å². The smallest absolute Gasteiger partial charge is 0.125 e. The summed E-state index contributed by atoms with van der Waals surface area (Å²) >= 11 is 0. The molecule has 3 N–H and O–H groups in total. The molecular weight excluding hydrogens is 252 g/mol. The molecule has 1 aromatic carbocycles. The normalized spacial score (nSPS) is 14.6. The molecule has 0 aromatic heterocycles. The topological polar surface area (TPSA) is 58.7 Å². The second-order valence-electron chi connectivity index (χ2n) is 5.94. The molecule has 0 amide bonds. The second-order valence-corrected chi connectivity index (χ2v) is 5.94. The van der Waals surface area contributed by atoms with E-state index in [0.717, 1.165) is 24.3 Å². The Balaban J connectivity index is 2.73. The first-order chi connectivity index (χ1) is 9.41. The van der Waals surface area contributed by atoms with Crippen LogP contribution in [0.2, 0.25) is 0 Å². The Labute approximate surface area is 122 Å². The van der Waals surface area contributed by atoms with Crippen molar-refractivity contribution in [2.75, 3.05) is 27.2 Å². The van der Waals surface area contributed by atoms with Crippen molar-refractivity contribution >= 4 is 0 Å². The first-order valence-corrected chi connectivity index (χ1v) is 7.22. The summed E-state index contributed by atoms with van der Waals surface area (Å²) in [5, 5.41) is 10.4. The zero-order valence-electron chi connectivity index (χ0n) is 13.0. The Morgan fingerprint density at radius 1 is 1.25 bits per heavy atom. The summed E-state index contributed by atoms with van der Waals surface area (Å²) in [5.74, 6) is 1.18. The Morgan fingerprint density at radius 3 is 2.50 bits per heavy atom. The number of aliphatic hydroxyl groups is 1. The average molecular weight is 280 g/mol. The van der Waals surface area contributed by atoms with Crippen LogP contribution in [0, 0.1) is 5.92 Å². The molecule has 2 unspecified atom stereocenters. The Morgan fingerprint density at radius 2 is 1.90 bits per heavy atom. The van der Waals surface area contributed by atoms with Crippen LogP contribution in [0.1, 0.15) is 31.9 Å². The highest BCUT2D eigenvalue weighted by Gasteiger charge is 2.20. The predicted octanol–water partition coefficient (Wildman–Crippen LogP) is 2.03. The zero-order valence-corrected chi connectivity index (χ0v) is 13.0. The molecule has 0 aliphatic heterocycles. The van der Waals surface area contributed by atoms with Gasteiger partial charge in [-0.3, -0.25) is 0 Å². The van der Waals surface area contributed by atoms with Crippen molar-refractivity contribution in [2.24, 2.45) is 11.7 Å². The van der Waals surface area contributed by atoms with Crippen LogP contribution < -0.4 is 10.5 Å². The number of hydrogen-bond donors (Lipinski definition) is 2. The maximum atomic E-state index is 10.4. The number of benzene rings is 1. The highest BCUT2D eigenvalue weighted by molar-refractivity contribution is 5.35. The van der Waals surface area contributed by atoms with Crippen molar-refractivity contribution in [2.45, 2.75) is 32.4 Å². The van der Waals surface area contributed by atoms with Crippen LogP contribution in [0.4, 0.5) is 0 Å². The van der Waals surface area contributed by atoms with Crippen LogP contribution in [0.5, 0.6) is 5.75 Å². The maximum Gasteiger partial charge on any atom is 0.125 e. The van der Waals surface area contributed by atoms with E-state index < -0.39 is 6.10 Å². The van der Waals surface area contributed by atoms with Crippen LogP contribution >= 0.6 is 0 Å². The van der Waals surface area contributed by atoms with E-state index in [1.165, 1.54) is 0 Å². The molecule has 0 aliphatic carbocycles. The highest BCUT2D eigenvalue weighted by atomic mass is 16.5. The molecule has 0 saturated heterocycles. The van der Waals surface area contributed by atoms with Crippen LogP contribution in [0.15, 0.2) is 24.3 Å². The van der Waals surface area contributed by atoms with Crippen molar-refractivity contribution in [1.82, 2.24) is 4.90 Å². The number of ether oxygens (including phenoxy) is 1. The minimum Gasteiger partial charge on any atom is -0.493 e. The van der Waals surface area contributed by atoms with Gasteiger partial charge in [0.2, 0.25) is 0 Å². The molecule has 0 bridgehead atoms. The summed E-state index contributed by atoms with van der Waals surface area (Å²) in [6, 6.07) is 7.30. The van der Waals surface area contributed by atoms with Crippen molar-refractivity contribution in [3.63, 3.8) is 0 Å². The molecule has 114 valence electrons. The number of hydrogen-bond acceptors (Lipinski definition) is 4. The van der Waals surface area contributed by atoms with Gasteiger partial charge in [-0.15, -0.1) is 0 Å². The van der Waals surface area contributed by atoms with Crippen LogP contribution in [-0.4, -0.2) is 43.3 Å². The van der Waals surface area contributed by atoms with E-state index in [1.807, 2.05) is 38.4 Å². The fraction of sp³-hybridized carbons (Fsp3) is 0.625. The SMILES string of the molecule is CC(C)COc1ccccc1C(O)C(N)CCN(C)C. The molecule has 0 aliphatic rings. The first-order valence-electron chi connectivity index (χ1n) is 7.22. The van der Waals surface area contributed by atoms with Crippen LogP contribution in [-0.2, 0) is 0 Å². The number of nitrogens with zero attached hydrogens (tertiary/aromatic N) is 1. The third-order valence-electron chi connectivity index (χ3n) is 3.13. The minimum atomic E-state index is -0.696.